The summed E-state index contributed by atoms with van der Waals surface area (Å²) in [6.45, 7) is 4.58. The van der Waals surface area contributed by atoms with Crippen LogP contribution < -0.4 is 5.32 Å². The number of nitrogens with one attached hydrogen (secondary N) is 1. The van der Waals surface area contributed by atoms with Crippen LogP contribution in [0.2, 0.25) is 0 Å². The van der Waals surface area contributed by atoms with Crippen molar-refractivity contribution in [2.24, 2.45) is 0 Å². The van der Waals surface area contributed by atoms with E-state index in [4.69, 9.17) is 0 Å². The minimum Gasteiger partial charge on any atom is -0.313 e. The van der Waals surface area contributed by atoms with Gasteiger partial charge in [0.05, 0.1) is 5.51 Å². The van der Waals surface area contributed by atoms with E-state index in [2.05, 4.69) is 29.2 Å². The minimum absolute atomic E-state index is 0.486. The molecule has 1 aliphatic rings. The van der Waals surface area contributed by atoms with Crippen molar-refractivity contribution in [1.82, 2.24) is 15.2 Å². The molecule has 2 rings (SSSR count). The van der Waals surface area contributed by atoms with Crippen molar-refractivity contribution < 1.29 is 0 Å². The highest BCUT2D eigenvalue weighted by Gasteiger charge is 2.19. The van der Waals surface area contributed by atoms with Crippen LogP contribution in [-0.2, 0) is 0 Å². The van der Waals surface area contributed by atoms with Crippen LogP contribution in [0.4, 0.5) is 0 Å². The van der Waals surface area contributed by atoms with Crippen LogP contribution in [0.5, 0.6) is 0 Å². The number of rotatable bonds is 4. The van der Waals surface area contributed by atoms with Gasteiger partial charge in [-0.05, 0) is 33.4 Å². The van der Waals surface area contributed by atoms with Crippen LogP contribution in [0.25, 0.3) is 0 Å². The van der Waals surface area contributed by atoms with E-state index in [1.165, 1.54) is 24.3 Å². The number of thiazole rings is 1. The Labute approximate surface area is 95.5 Å². The van der Waals surface area contributed by atoms with Gasteiger partial charge in [0.1, 0.15) is 0 Å². The SMILES string of the molecule is CC(c1cncs1)N(C)CC1CCCN1. The Morgan fingerprint density at radius 1 is 1.73 bits per heavy atom. The van der Waals surface area contributed by atoms with Crippen molar-refractivity contribution in [1.29, 1.82) is 0 Å². The highest BCUT2D eigenvalue weighted by Crippen LogP contribution is 2.22. The molecular weight excluding hydrogens is 206 g/mol. The fraction of sp³-hybridized carbons (Fsp3) is 0.727. The first-order chi connectivity index (χ1) is 7.27. The van der Waals surface area contributed by atoms with Gasteiger partial charge >= 0.3 is 0 Å². The highest BCUT2D eigenvalue weighted by molar-refractivity contribution is 7.09. The number of aromatic nitrogens is 1. The average Bonchev–Trinajstić information content (AvgIpc) is 2.88. The molecule has 84 valence electrons. The molecule has 0 spiro atoms. The largest absolute Gasteiger partial charge is 0.313 e. The lowest BCUT2D eigenvalue weighted by Gasteiger charge is -2.26. The molecule has 0 aromatic carbocycles. The Balaban J connectivity index is 1.87. The summed E-state index contributed by atoms with van der Waals surface area (Å²) in [5.41, 5.74) is 1.91. The number of likely N-dealkylation sites (N-methyl/N-ethyl adjacent to an activating group) is 1. The first-order valence-corrected chi connectivity index (χ1v) is 6.47. The quantitative estimate of drug-likeness (QED) is 0.848. The zero-order valence-corrected chi connectivity index (χ0v) is 10.3. The van der Waals surface area contributed by atoms with Crippen molar-refractivity contribution in [2.75, 3.05) is 20.1 Å². The zero-order chi connectivity index (χ0) is 10.7. The highest BCUT2D eigenvalue weighted by atomic mass is 32.1. The molecule has 1 aliphatic heterocycles. The maximum absolute atomic E-state index is 4.13. The molecule has 3 nitrogen and oxygen atoms in total. The maximum Gasteiger partial charge on any atom is 0.0794 e. The van der Waals surface area contributed by atoms with Crippen molar-refractivity contribution in [2.45, 2.75) is 31.8 Å². The van der Waals surface area contributed by atoms with E-state index >= 15 is 0 Å². The molecule has 0 amide bonds. The van der Waals surface area contributed by atoms with Gasteiger partial charge in [-0.25, -0.2) is 0 Å². The van der Waals surface area contributed by atoms with E-state index in [1.54, 1.807) is 11.3 Å². The molecule has 2 unspecified atom stereocenters. The normalized spacial score (nSPS) is 23.5. The predicted octanol–water partition coefficient (Wildman–Crippen LogP) is 1.89. The number of hydrogen-bond acceptors (Lipinski definition) is 4. The lowest BCUT2D eigenvalue weighted by Crippen LogP contribution is -2.36. The van der Waals surface area contributed by atoms with Gasteiger partial charge in [-0.2, -0.15) is 0 Å². The topological polar surface area (TPSA) is 28.2 Å². The van der Waals surface area contributed by atoms with Crippen LogP contribution in [-0.4, -0.2) is 36.1 Å². The van der Waals surface area contributed by atoms with Crippen LogP contribution in [0.3, 0.4) is 0 Å². The van der Waals surface area contributed by atoms with E-state index in [1.807, 2.05) is 11.7 Å². The van der Waals surface area contributed by atoms with Gasteiger partial charge in [-0.1, -0.05) is 0 Å². The van der Waals surface area contributed by atoms with Crippen molar-refractivity contribution in [3.63, 3.8) is 0 Å². The van der Waals surface area contributed by atoms with Gasteiger partial charge in [0.15, 0.2) is 0 Å². The van der Waals surface area contributed by atoms with Gasteiger partial charge in [0.2, 0.25) is 0 Å². The molecule has 1 saturated heterocycles. The second kappa shape index (κ2) is 5.05. The molecule has 4 heteroatoms. The fourth-order valence-electron chi connectivity index (χ4n) is 2.07. The van der Waals surface area contributed by atoms with Gasteiger partial charge in [0, 0.05) is 29.7 Å². The molecule has 0 radical (unpaired) electrons. The molecule has 1 fully saturated rings. The second-order valence-electron chi connectivity index (χ2n) is 4.31. The Hall–Kier alpha value is -0.450. The van der Waals surface area contributed by atoms with Crippen molar-refractivity contribution in [3.8, 4) is 0 Å². The Morgan fingerprint density at radius 3 is 3.20 bits per heavy atom. The van der Waals surface area contributed by atoms with Crippen molar-refractivity contribution in [3.05, 3.63) is 16.6 Å². The van der Waals surface area contributed by atoms with E-state index in [0.717, 1.165) is 6.54 Å². The Morgan fingerprint density at radius 2 is 2.60 bits per heavy atom. The Bertz CT molecular complexity index is 280. The van der Waals surface area contributed by atoms with E-state index < -0.39 is 0 Å². The second-order valence-corrected chi connectivity index (χ2v) is 5.23. The average molecular weight is 225 g/mol. The molecule has 1 N–H and O–H groups in total. The molecule has 0 saturated carbocycles. The summed E-state index contributed by atoms with van der Waals surface area (Å²) in [5, 5.41) is 3.53. The molecule has 2 heterocycles. The lowest BCUT2D eigenvalue weighted by atomic mass is 10.2. The summed E-state index contributed by atoms with van der Waals surface area (Å²) in [6.07, 6.45) is 4.63. The summed E-state index contributed by atoms with van der Waals surface area (Å²) in [6, 6.07) is 1.17. The molecule has 2 atom stereocenters. The molecule has 15 heavy (non-hydrogen) atoms. The standard InChI is InChI=1S/C11H19N3S/c1-9(11-6-12-8-15-11)14(2)7-10-4-3-5-13-10/h6,8-10,13H,3-5,7H2,1-2H3. The number of nitrogens with zero attached hydrogens (tertiary/aromatic N) is 2. The first kappa shape index (κ1) is 11.0. The Kier molecular flexibility index (Phi) is 3.72. The van der Waals surface area contributed by atoms with Crippen molar-refractivity contribution >= 4 is 11.3 Å². The summed E-state index contributed by atoms with van der Waals surface area (Å²) >= 11 is 1.74. The van der Waals surface area contributed by atoms with Crippen LogP contribution in [0.15, 0.2) is 11.7 Å². The monoisotopic (exact) mass is 225 g/mol. The number of hydrogen-bond donors (Lipinski definition) is 1. The van der Waals surface area contributed by atoms with Gasteiger partial charge in [-0.15, -0.1) is 11.3 Å². The third kappa shape index (κ3) is 2.77. The van der Waals surface area contributed by atoms with Crippen LogP contribution in [0, 0.1) is 0 Å². The molecule has 0 aliphatic carbocycles. The van der Waals surface area contributed by atoms with Gasteiger partial charge < -0.3 is 5.32 Å². The van der Waals surface area contributed by atoms with Gasteiger partial charge in [-0.3, -0.25) is 9.88 Å². The third-order valence-corrected chi connectivity index (χ3v) is 4.14. The molecule has 1 aromatic rings. The first-order valence-electron chi connectivity index (χ1n) is 5.59. The fourth-order valence-corrected chi connectivity index (χ4v) is 2.81. The van der Waals surface area contributed by atoms with Crippen LogP contribution >= 0.6 is 11.3 Å². The molecule has 0 bridgehead atoms. The zero-order valence-electron chi connectivity index (χ0n) is 9.44. The van der Waals surface area contributed by atoms with Crippen LogP contribution in [0.1, 0.15) is 30.7 Å². The summed E-state index contributed by atoms with van der Waals surface area (Å²) < 4.78 is 0. The van der Waals surface area contributed by atoms with E-state index in [0.29, 0.717) is 12.1 Å². The molecular formula is C11H19N3S. The molecule has 1 aromatic heterocycles. The van der Waals surface area contributed by atoms with E-state index in [9.17, 15) is 0 Å². The lowest BCUT2D eigenvalue weighted by molar-refractivity contribution is 0.241. The summed E-state index contributed by atoms with van der Waals surface area (Å²) in [4.78, 5) is 7.90. The minimum atomic E-state index is 0.486. The smallest absolute Gasteiger partial charge is 0.0794 e. The predicted molar refractivity (Wildman–Crippen MR) is 64.2 cm³/mol. The van der Waals surface area contributed by atoms with Gasteiger partial charge in [0.25, 0.3) is 0 Å². The summed E-state index contributed by atoms with van der Waals surface area (Å²) in [5.74, 6) is 0. The maximum atomic E-state index is 4.13. The summed E-state index contributed by atoms with van der Waals surface area (Å²) in [7, 11) is 2.20. The third-order valence-electron chi connectivity index (χ3n) is 3.20. The van der Waals surface area contributed by atoms with E-state index in [-0.39, 0.29) is 0 Å².